The third kappa shape index (κ3) is 6.21. The summed E-state index contributed by atoms with van der Waals surface area (Å²) in [4.78, 5) is 30.1. The minimum atomic E-state index is -0.390. The highest BCUT2D eigenvalue weighted by molar-refractivity contribution is 6.03. The molecular weight excluding hydrogens is 448 g/mol. The highest BCUT2D eigenvalue weighted by Gasteiger charge is 2.31. The second-order valence-electron chi connectivity index (χ2n) is 9.98. The molecule has 1 N–H and O–H groups in total. The zero-order valence-corrected chi connectivity index (χ0v) is 21.2. The molecule has 2 amide bonds. The Hall–Kier alpha value is -2.91. The van der Waals surface area contributed by atoms with Crippen LogP contribution in [0.4, 0.5) is 5.69 Å². The molecule has 0 spiro atoms. The summed E-state index contributed by atoms with van der Waals surface area (Å²) < 4.78 is 17.0. The SMILES string of the molecule is CO[C@@H]1CN(C)C(=O)c2ccc(NC(=O)c3cc(C)on3)cc2OC[C@H](C)N(CC2CC2)C[C@@H]1C. The summed E-state index contributed by atoms with van der Waals surface area (Å²) in [7, 11) is 3.49. The molecule has 0 unspecified atom stereocenters. The fraction of sp³-hybridized carbons (Fsp3) is 0.577. The van der Waals surface area contributed by atoms with E-state index in [4.69, 9.17) is 14.0 Å². The van der Waals surface area contributed by atoms with Crippen LogP contribution in [0.25, 0.3) is 0 Å². The van der Waals surface area contributed by atoms with Crippen LogP contribution in [0.15, 0.2) is 28.8 Å². The lowest BCUT2D eigenvalue weighted by Gasteiger charge is -2.36. The quantitative estimate of drug-likeness (QED) is 0.694. The molecule has 1 saturated carbocycles. The molecule has 1 aromatic heterocycles. The van der Waals surface area contributed by atoms with E-state index >= 15 is 0 Å². The number of carbonyl (C=O) groups is 2. The van der Waals surface area contributed by atoms with Crippen molar-refractivity contribution in [2.75, 3.05) is 45.7 Å². The van der Waals surface area contributed by atoms with Gasteiger partial charge in [0, 0.05) is 57.7 Å². The number of ether oxygens (including phenoxy) is 2. The van der Waals surface area contributed by atoms with Gasteiger partial charge in [0.15, 0.2) is 5.69 Å². The standard InChI is InChI=1S/C26H36N4O5/c1-16-12-30(13-19-6-7-19)17(2)15-34-23-11-20(27-25(31)22-10-18(3)35-28-22)8-9-21(23)26(32)29(4)14-24(16)33-5/h8-11,16-17,19,24H,6-7,12-15H2,1-5H3,(H,27,31)/t16-,17-,24+/m0/s1. The maximum absolute atomic E-state index is 13.3. The van der Waals surface area contributed by atoms with Gasteiger partial charge in [-0.15, -0.1) is 0 Å². The van der Waals surface area contributed by atoms with Crippen LogP contribution in [0.5, 0.6) is 5.75 Å². The number of benzene rings is 1. The van der Waals surface area contributed by atoms with Gasteiger partial charge in [0.05, 0.1) is 11.7 Å². The maximum atomic E-state index is 13.3. The van der Waals surface area contributed by atoms with Crippen LogP contribution in [0, 0.1) is 18.8 Å². The number of amides is 2. The lowest BCUT2D eigenvalue weighted by Crippen LogP contribution is -2.47. The summed E-state index contributed by atoms with van der Waals surface area (Å²) in [5.41, 5.74) is 1.16. The van der Waals surface area contributed by atoms with Crippen LogP contribution in [0.1, 0.15) is 53.3 Å². The van der Waals surface area contributed by atoms with Crippen molar-refractivity contribution in [1.82, 2.24) is 15.0 Å². The van der Waals surface area contributed by atoms with Crippen LogP contribution in [-0.2, 0) is 4.74 Å². The van der Waals surface area contributed by atoms with Crippen LogP contribution < -0.4 is 10.1 Å². The first kappa shape index (κ1) is 25.2. The third-order valence-corrected chi connectivity index (χ3v) is 6.88. The Morgan fingerprint density at radius 3 is 2.66 bits per heavy atom. The summed E-state index contributed by atoms with van der Waals surface area (Å²) >= 11 is 0. The predicted octanol–water partition coefficient (Wildman–Crippen LogP) is 3.45. The number of anilines is 1. The molecule has 2 heterocycles. The second kappa shape index (κ2) is 10.8. The van der Waals surface area contributed by atoms with Crippen molar-refractivity contribution in [2.45, 2.75) is 45.8 Å². The fourth-order valence-electron chi connectivity index (χ4n) is 4.48. The number of fused-ring (bicyclic) bond motifs is 1. The highest BCUT2D eigenvalue weighted by atomic mass is 16.5. The van der Waals surface area contributed by atoms with E-state index in [1.165, 1.54) is 12.8 Å². The van der Waals surface area contributed by atoms with Gasteiger partial charge < -0.3 is 24.2 Å². The van der Waals surface area contributed by atoms with E-state index < -0.39 is 0 Å². The Balaban J connectivity index is 1.60. The third-order valence-electron chi connectivity index (χ3n) is 6.88. The Bertz CT molecular complexity index is 1050. The number of likely N-dealkylation sites (N-methyl/N-ethyl adjacent to an activating group) is 1. The number of aromatic nitrogens is 1. The number of hydrogen-bond donors (Lipinski definition) is 1. The molecule has 1 aromatic carbocycles. The molecule has 2 aliphatic rings. The Morgan fingerprint density at radius 1 is 1.23 bits per heavy atom. The number of methoxy groups -OCH3 is 1. The molecule has 9 heteroatoms. The molecule has 1 fully saturated rings. The van der Waals surface area contributed by atoms with Crippen molar-refractivity contribution < 1.29 is 23.6 Å². The monoisotopic (exact) mass is 484 g/mol. The first-order chi connectivity index (χ1) is 16.7. The number of aryl methyl sites for hydroxylation is 1. The molecule has 9 nitrogen and oxygen atoms in total. The van der Waals surface area contributed by atoms with E-state index in [0.717, 1.165) is 19.0 Å². The molecular formula is C26H36N4O5. The van der Waals surface area contributed by atoms with E-state index in [1.54, 1.807) is 50.2 Å². The van der Waals surface area contributed by atoms with Crippen molar-refractivity contribution in [3.63, 3.8) is 0 Å². The van der Waals surface area contributed by atoms with E-state index in [1.807, 2.05) is 0 Å². The molecule has 190 valence electrons. The average molecular weight is 485 g/mol. The molecule has 4 rings (SSSR count). The average Bonchev–Trinajstić information content (AvgIpc) is 3.55. The maximum Gasteiger partial charge on any atom is 0.277 e. The van der Waals surface area contributed by atoms with E-state index in [2.05, 4.69) is 29.2 Å². The number of carbonyl (C=O) groups excluding carboxylic acids is 2. The van der Waals surface area contributed by atoms with E-state index in [-0.39, 0.29) is 35.6 Å². The Kier molecular flexibility index (Phi) is 7.76. The predicted molar refractivity (Wildman–Crippen MR) is 132 cm³/mol. The second-order valence-corrected chi connectivity index (χ2v) is 9.98. The minimum absolute atomic E-state index is 0.0777. The van der Waals surface area contributed by atoms with Crippen molar-refractivity contribution in [3.05, 3.63) is 41.3 Å². The fourth-order valence-corrected chi connectivity index (χ4v) is 4.48. The van der Waals surface area contributed by atoms with Crippen molar-refractivity contribution in [2.24, 2.45) is 11.8 Å². The zero-order chi connectivity index (χ0) is 25.1. The molecule has 2 aromatic rings. The van der Waals surface area contributed by atoms with E-state index in [9.17, 15) is 9.59 Å². The van der Waals surface area contributed by atoms with Gasteiger partial charge in [0.25, 0.3) is 11.8 Å². The molecule has 3 atom stereocenters. The van der Waals surface area contributed by atoms with Crippen LogP contribution in [0.3, 0.4) is 0 Å². The van der Waals surface area contributed by atoms with Crippen molar-refractivity contribution in [3.8, 4) is 5.75 Å². The van der Waals surface area contributed by atoms with Gasteiger partial charge in [0.2, 0.25) is 0 Å². The van der Waals surface area contributed by atoms with Gasteiger partial charge in [-0.25, -0.2) is 0 Å². The number of rotatable bonds is 5. The smallest absolute Gasteiger partial charge is 0.277 e. The normalized spacial score (nSPS) is 24.2. The van der Waals surface area contributed by atoms with Gasteiger partial charge in [-0.1, -0.05) is 12.1 Å². The Morgan fingerprint density at radius 2 is 2.00 bits per heavy atom. The molecule has 0 bridgehead atoms. The van der Waals surface area contributed by atoms with Crippen molar-refractivity contribution >= 4 is 17.5 Å². The summed E-state index contributed by atoms with van der Waals surface area (Å²) in [5.74, 6) is 1.46. The number of hydrogen-bond acceptors (Lipinski definition) is 7. The lowest BCUT2D eigenvalue weighted by atomic mass is 10.0. The topological polar surface area (TPSA) is 97.1 Å². The zero-order valence-electron chi connectivity index (χ0n) is 21.2. The minimum Gasteiger partial charge on any atom is -0.491 e. The van der Waals surface area contributed by atoms with E-state index in [0.29, 0.717) is 35.9 Å². The molecule has 35 heavy (non-hydrogen) atoms. The molecule has 0 radical (unpaired) electrons. The largest absolute Gasteiger partial charge is 0.491 e. The van der Waals surface area contributed by atoms with Crippen LogP contribution >= 0.6 is 0 Å². The van der Waals surface area contributed by atoms with Gasteiger partial charge >= 0.3 is 0 Å². The van der Waals surface area contributed by atoms with Crippen molar-refractivity contribution in [1.29, 1.82) is 0 Å². The van der Waals surface area contributed by atoms with Gasteiger partial charge in [0.1, 0.15) is 18.1 Å². The number of nitrogens with one attached hydrogen (secondary N) is 1. The Labute approximate surface area is 206 Å². The van der Waals surface area contributed by atoms with Gasteiger partial charge in [-0.3, -0.25) is 14.5 Å². The summed E-state index contributed by atoms with van der Waals surface area (Å²) in [6.45, 7) is 8.90. The molecule has 1 aliphatic heterocycles. The summed E-state index contributed by atoms with van der Waals surface area (Å²) in [5, 5.41) is 6.58. The highest BCUT2D eigenvalue weighted by Crippen LogP contribution is 2.32. The molecule has 1 aliphatic carbocycles. The van der Waals surface area contributed by atoms with Gasteiger partial charge in [-0.2, -0.15) is 0 Å². The van der Waals surface area contributed by atoms with Crippen LogP contribution in [0.2, 0.25) is 0 Å². The first-order valence-corrected chi connectivity index (χ1v) is 12.3. The first-order valence-electron chi connectivity index (χ1n) is 12.3. The number of nitrogens with zero attached hydrogens (tertiary/aromatic N) is 3. The molecule has 0 saturated heterocycles. The van der Waals surface area contributed by atoms with Crippen LogP contribution in [-0.4, -0.2) is 79.3 Å². The lowest BCUT2D eigenvalue weighted by molar-refractivity contribution is 0.00994. The van der Waals surface area contributed by atoms with Gasteiger partial charge in [-0.05, 0) is 50.7 Å². The summed E-state index contributed by atoms with van der Waals surface area (Å²) in [6.07, 6.45) is 2.48. The summed E-state index contributed by atoms with van der Waals surface area (Å²) in [6, 6.07) is 6.82.